The lowest BCUT2D eigenvalue weighted by Gasteiger charge is -2.34. The Morgan fingerprint density at radius 1 is 1.11 bits per heavy atom. The summed E-state index contributed by atoms with van der Waals surface area (Å²) in [4.78, 5) is 23.5. The number of hydrogen-bond acceptors (Lipinski definition) is 4. The second kappa shape index (κ2) is 10.1. The predicted octanol–water partition coefficient (Wildman–Crippen LogP) is 1.92. The van der Waals surface area contributed by atoms with Crippen LogP contribution in [-0.2, 0) is 19.6 Å². The molecule has 1 aliphatic rings. The van der Waals surface area contributed by atoms with Crippen LogP contribution >= 0.6 is 11.6 Å². The largest absolute Gasteiger partial charge is 0.348 e. The molecule has 1 aromatic carbocycles. The SMILES string of the molecule is CCCNC(=O)C(=O)NCC[C@@H]1CCCCN1S(=O)(=O)c1ccc(Cl)cc1. The van der Waals surface area contributed by atoms with Gasteiger partial charge < -0.3 is 10.6 Å². The first kappa shape index (κ1) is 21.7. The number of hydrogen-bond donors (Lipinski definition) is 2. The van der Waals surface area contributed by atoms with Crippen molar-refractivity contribution in [3.8, 4) is 0 Å². The van der Waals surface area contributed by atoms with Crippen LogP contribution in [0.3, 0.4) is 0 Å². The maximum atomic E-state index is 13.0. The smallest absolute Gasteiger partial charge is 0.309 e. The average Bonchev–Trinajstić information content (AvgIpc) is 2.66. The molecule has 2 N–H and O–H groups in total. The van der Waals surface area contributed by atoms with Crippen molar-refractivity contribution in [2.75, 3.05) is 19.6 Å². The van der Waals surface area contributed by atoms with Gasteiger partial charge in [0.05, 0.1) is 4.90 Å². The van der Waals surface area contributed by atoms with E-state index in [2.05, 4.69) is 10.6 Å². The van der Waals surface area contributed by atoms with Crippen LogP contribution < -0.4 is 10.6 Å². The van der Waals surface area contributed by atoms with Gasteiger partial charge in [0.2, 0.25) is 10.0 Å². The van der Waals surface area contributed by atoms with Crippen LogP contribution in [0.4, 0.5) is 0 Å². The van der Waals surface area contributed by atoms with Gasteiger partial charge in [0, 0.05) is 30.7 Å². The first-order chi connectivity index (χ1) is 12.9. The Balaban J connectivity index is 1.97. The van der Waals surface area contributed by atoms with Gasteiger partial charge in [-0.15, -0.1) is 0 Å². The van der Waals surface area contributed by atoms with E-state index in [-0.39, 0.29) is 17.5 Å². The molecule has 1 aromatic rings. The summed E-state index contributed by atoms with van der Waals surface area (Å²) in [6.45, 7) is 3.04. The van der Waals surface area contributed by atoms with E-state index in [9.17, 15) is 18.0 Å². The Labute approximate surface area is 165 Å². The molecule has 0 bridgehead atoms. The zero-order valence-corrected chi connectivity index (χ0v) is 17.0. The molecular formula is C18H26ClN3O4S. The molecule has 0 radical (unpaired) electrons. The van der Waals surface area contributed by atoms with Crippen molar-refractivity contribution in [2.45, 2.75) is 50.0 Å². The molecule has 0 saturated carbocycles. The van der Waals surface area contributed by atoms with Crippen LogP contribution in [0.1, 0.15) is 39.0 Å². The quantitative estimate of drug-likeness (QED) is 0.665. The maximum Gasteiger partial charge on any atom is 0.309 e. The minimum absolute atomic E-state index is 0.210. The van der Waals surface area contributed by atoms with Crippen molar-refractivity contribution in [3.63, 3.8) is 0 Å². The Morgan fingerprint density at radius 2 is 1.74 bits per heavy atom. The monoisotopic (exact) mass is 415 g/mol. The number of nitrogens with zero attached hydrogens (tertiary/aromatic N) is 1. The Kier molecular flexibility index (Phi) is 8.07. The van der Waals surface area contributed by atoms with Crippen molar-refractivity contribution >= 4 is 33.4 Å². The van der Waals surface area contributed by atoms with E-state index < -0.39 is 21.8 Å². The van der Waals surface area contributed by atoms with Crippen molar-refractivity contribution < 1.29 is 18.0 Å². The van der Waals surface area contributed by atoms with Crippen LogP contribution in [0.2, 0.25) is 5.02 Å². The van der Waals surface area contributed by atoms with Gasteiger partial charge in [0.25, 0.3) is 0 Å². The third-order valence-corrected chi connectivity index (χ3v) is 6.72. The fraction of sp³-hybridized carbons (Fsp3) is 0.556. The second-order valence-electron chi connectivity index (χ2n) is 6.52. The molecule has 2 rings (SSSR count). The van der Waals surface area contributed by atoms with Crippen LogP contribution in [0, 0.1) is 0 Å². The first-order valence-electron chi connectivity index (χ1n) is 9.19. The maximum absolute atomic E-state index is 13.0. The summed E-state index contributed by atoms with van der Waals surface area (Å²) in [5.74, 6) is -1.35. The molecule has 0 aliphatic carbocycles. The van der Waals surface area contributed by atoms with Gasteiger partial charge >= 0.3 is 11.8 Å². The number of nitrogens with one attached hydrogen (secondary N) is 2. The van der Waals surface area contributed by atoms with Gasteiger partial charge in [-0.2, -0.15) is 4.31 Å². The summed E-state index contributed by atoms with van der Waals surface area (Å²) in [6, 6.07) is 5.91. The lowest BCUT2D eigenvalue weighted by molar-refractivity contribution is -0.139. The molecule has 0 aromatic heterocycles. The second-order valence-corrected chi connectivity index (χ2v) is 8.85. The van der Waals surface area contributed by atoms with E-state index >= 15 is 0 Å². The van der Waals surface area contributed by atoms with Gasteiger partial charge in [-0.05, 0) is 49.9 Å². The molecule has 1 heterocycles. The number of piperidine rings is 1. The first-order valence-corrected chi connectivity index (χ1v) is 11.0. The number of amides is 2. The van der Waals surface area contributed by atoms with Crippen LogP contribution in [0.25, 0.3) is 0 Å². The zero-order chi connectivity index (χ0) is 19.9. The summed E-state index contributed by atoms with van der Waals surface area (Å²) >= 11 is 5.85. The Hall–Kier alpha value is -1.64. The van der Waals surface area contributed by atoms with Crippen molar-refractivity contribution in [2.24, 2.45) is 0 Å². The third-order valence-electron chi connectivity index (χ3n) is 4.50. The molecule has 9 heteroatoms. The zero-order valence-electron chi connectivity index (χ0n) is 15.4. The number of sulfonamides is 1. The van der Waals surface area contributed by atoms with Crippen LogP contribution in [-0.4, -0.2) is 50.2 Å². The summed E-state index contributed by atoms with van der Waals surface area (Å²) in [5.41, 5.74) is 0. The van der Waals surface area contributed by atoms with Crippen molar-refractivity contribution in [1.82, 2.24) is 14.9 Å². The highest BCUT2D eigenvalue weighted by Crippen LogP contribution is 2.27. The summed E-state index contributed by atoms with van der Waals surface area (Å²) in [6.07, 6.45) is 3.67. The van der Waals surface area contributed by atoms with E-state index in [1.165, 1.54) is 16.4 Å². The highest BCUT2D eigenvalue weighted by Gasteiger charge is 2.33. The van der Waals surface area contributed by atoms with E-state index in [0.29, 0.717) is 24.5 Å². The topological polar surface area (TPSA) is 95.6 Å². The van der Waals surface area contributed by atoms with Gasteiger partial charge in [0.1, 0.15) is 0 Å². The third kappa shape index (κ3) is 5.92. The molecule has 0 spiro atoms. The molecule has 27 heavy (non-hydrogen) atoms. The molecule has 150 valence electrons. The van der Waals surface area contributed by atoms with Crippen molar-refractivity contribution in [3.05, 3.63) is 29.3 Å². The van der Waals surface area contributed by atoms with Gasteiger partial charge in [-0.1, -0.05) is 24.9 Å². The number of carbonyl (C=O) groups is 2. The molecule has 1 aliphatic heterocycles. The molecule has 2 amide bonds. The summed E-state index contributed by atoms with van der Waals surface area (Å²) in [5, 5.41) is 5.56. The molecular weight excluding hydrogens is 390 g/mol. The molecule has 1 atom stereocenters. The summed E-state index contributed by atoms with van der Waals surface area (Å²) in [7, 11) is -3.62. The van der Waals surface area contributed by atoms with Crippen LogP contribution in [0.15, 0.2) is 29.2 Å². The molecule has 1 fully saturated rings. The van der Waals surface area contributed by atoms with E-state index in [0.717, 1.165) is 25.7 Å². The fourth-order valence-corrected chi connectivity index (χ4v) is 4.92. The van der Waals surface area contributed by atoms with Gasteiger partial charge in [0.15, 0.2) is 0 Å². The Morgan fingerprint density at radius 3 is 2.37 bits per heavy atom. The number of halogens is 1. The minimum Gasteiger partial charge on any atom is -0.348 e. The normalized spacial score (nSPS) is 18.1. The number of rotatable bonds is 7. The summed E-state index contributed by atoms with van der Waals surface area (Å²) < 4.78 is 27.4. The fourth-order valence-electron chi connectivity index (χ4n) is 3.07. The van der Waals surface area contributed by atoms with E-state index in [1.54, 1.807) is 12.1 Å². The molecule has 7 nitrogen and oxygen atoms in total. The Bertz CT molecular complexity index is 752. The van der Waals surface area contributed by atoms with Gasteiger partial charge in [-0.3, -0.25) is 9.59 Å². The predicted molar refractivity (Wildman–Crippen MR) is 104 cm³/mol. The molecule has 0 unspecified atom stereocenters. The van der Waals surface area contributed by atoms with E-state index in [4.69, 9.17) is 11.6 Å². The highest BCUT2D eigenvalue weighted by atomic mass is 35.5. The minimum atomic E-state index is -3.62. The number of carbonyl (C=O) groups excluding carboxylic acids is 2. The van der Waals surface area contributed by atoms with Crippen LogP contribution in [0.5, 0.6) is 0 Å². The van der Waals surface area contributed by atoms with Gasteiger partial charge in [-0.25, -0.2) is 8.42 Å². The van der Waals surface area contributed by atoms with E-state index in [1.807, 2.05) is 6.92 Å². The van der Waals surface area contributed by atoms with Crippen molar-refractivity contribution in [1.29, 1.82) is 0 Å². The molecule has 1 saturated heterocycles. The number of benzene rings is 1. The average molecular weight is 416 g/mol. The highest BCUT2D eigenvalue weighted by molar-refractivity contribution is 7.89. The lowest BCUT2D eigenvalue weighted by Crippen LogP contribution is -2.46. The standard InChI is InChI=1S/C18H26ClN3O4S/c1-2-11-20-17(23)18(24)21-12-10-15-5-3-4-13-22(15)27(25,26)16-8-6-14(19)7-9-16/h6-9,15H,2-5,10-13H2,1H3,(H,20,23)(H,21,24)/t15-/m0/s1. The lowest BCUT2D eigenvalue weighted by atomic mass is 10.0.